The molecule has 1 aromatic rings. The Kier molecular flexibility index (Phi) is 4.08. The summed E-state index contributed by atoms with van der Waals surface area (Å²) < 4.78 is 5.95. The minimum Gasteiger partial charge on any atom is -0.385 e. The Bertz CT molecular complexity index is 406. The first kappa shape index (κ1) is 13.6. The van der Waals surface area contributed by atoms with E-state index in [-0.39, 0.29) is 5.60 Å². The second-order valence-electron chi connectivity index (χ2n) is 5.40. The number of aryl methyl sites for hydroxylation is 1. The lowest BCUT2D eigenvalue weighted by Gasteiger charge is -2.35. The molecule has 1 aromatic carbocycles. The van der Waals surface area contributed by atoms with Crippen molar-refractivity contribution in [1.29, 1.82) is 0 Å². The molecule has 0 saturated heterocycles. The molecule has 0 aliphatic heterocycles. The van der Waals surface area contributed by atoms with E-state index in [0.29, 0.717) is 6.61 Å². The zero-order valence-electron chi connectivity index (χ0n) is 11.7. The van der Waals surface area contributed by atoms with Gasteiger partial charge < -0.3 is 9.84 Å². The van der Waals surface area contributed by atoms with Gasteiger partial charge in [-0.05, 0) is 50.3 Å². The molecular weight excluding hydrogens is 224 g/mol. The minimum atomic E-state index is -0.500. The lowest BCUT2D eigenvalue weighted by molar-refractivity contribution is -0.118. The summed E-state index contributed by atoms with van der Waals surface area (Å²) in [5, 5.41) is 10.8. The molecule has 18 heavy (non-hydrogen) atoms. The first-order valence-corrected chi connectivity index (χ1v) is 6.99. The van der Waals surface area contributed by atoms with Crippen molar-refractivity contribution in [2.45, 2.75) is 58.2 Å². The Labute approximate surface area is 110 Å². The van der Waals surface area contributed by atoms with Crippen LogP contribution in [0.15, 0.2) is 18.2 Å². The number of hydrogen-bond donors (Lipinski definition) is 1. The third-order valence-corrected chi connectivity index (χ3v) is 4.32. The lowest BCUT2D eigenvalue weighted by Crippen LogP contribution is -2.37. The number of aliphatic hydroxyl groups is 1. The highest BCUT2D eigenvalue weighted by atomic mass is 16.5. The summed E-state index contributed by atoms with van der Waals surface area (Å²) in [6.07, 6.45) is 3.74. The smallest absolute Gasteiger partial charge is 0.108 e. The zero-order chi connectivity index (χ0) is 13.2. The van der Waals surface area contributed by atoms with Crippen molar-refractivity contribution in [3.63, 3.8) is 0 Å². The summed E-state index contributed by atoms with van der Waals surface area (Å²) in [6.45, 7) is 6.86. The molecule has 2 nitrogen and oxygen atoms in total. The molecule has 2 rings (SSSR count). The molecule has 1 fully saturated rings. The summed E-state index contributed by atoms with van der Waals surface area (Å²) in [5.41, 5.74) is 3.10. The molecule has 1 aliphatic rings. The van der Waals surface area contributed by atoms with Crippen LogP contribution in [0.5, 0.6) is 0 Å². The van der Waals surface area contributed by atoms with Crippen molar-refractivity contribution < 1.29 is 9.84 Å². The first-order valence-electron chi connectivity index (χ1n) is 6.99. The quantitative estimate of drug-likeness (QED) is 0.880. The molecule has 1 N–H and O–H groups in total. The minimum absolute atomic E-state index is 0.354. The second-order valence-corrected chi connectivity index (χ2v) is 5.40. The molecular formula is C16H24O2. The van der Waals surface area contributed by atoms with Crippen molar-refractivity contribution in [3.05, 3.63) is 34.9 Å². The summed E-state index contributed by atoms with van der Waals surface area (Å²) >= 11 is 0. The van der Waals surface area contributed by atoms with Gasteiger partial charge in [-0.1, -0.05) is 31.0 Å². The molecule has 0 amide bonds. The molecule has 1 unspecified atom stereocenters. The fraction of sp³-hybridized carbons (Fsp3) is 0.625. The van der Waals surface area contributed by atoms with Crippen LogP contribution in [0.2, 0.25) is 0 Å². The van der Waals surface area contributed by atoms with Gasteiger partial charge in [0.25, 0.3) is 0 Å². The Morgan fingerprint density at radius 1 is 1.28 bits per heavy atom. The van der Waals surface area contributed by atoms with E-state index in [2.05, 4.69) is 19.9 Å². The Morgan fingerprint density at radius 3 is 2.56 bits per heavy atom. The third-order valence-electron chi connectivity index (χ3n) is 4.32. The van der Waals surface area contributed by atoms with E-state index in [4.69, 9.17) is 4.74 Å². The van der Waals surface area contributed by atoms with Crippen LogP contribution in [0, 0.1) is 13.8 Å². The molecule has 0 aromatic heterocycles. The Morgan fingerprint density at radius 2 is 1.94 bits per heavy atom. The molecule has 0 bridgehead atoms. The van der Waals surface area contributed by atoms with Gasteiger partial charge in [0.2, 0.25) is 0 Å². The van der Waals surface area contributed by atoms with Crippen molar-refractivity contribution in [2.24, 2.45) is 0 Å². The number of aliphatic hydroxyl groups excluding tert-OH is 1. The maximum Gasteiger partial charge on any atom is 0.108 e. The summed E-state index contributed by atoms with van der Waals surface area (Å²) in [4.78, 5) is 0. The first-order chi connectivity index (χ1) is 8.60. The predicted octanol–water partition coefficient (Wildman–Crippen LogP) is 3.69. The van der Waals surface area contributed by atoms with E-state index in [1.165, 1.54) is 11.1 Å². The molecule has 1 aliphatic carbocycles. The third kappa shape index (κ3) is 2.32. The van der Waals surface area contributed by atoms with Gasteiger partial charge in [0, 0.05) is 6.61 Å². The summed E-state index contributed by atoms with van der Waals surface area (Å²) in [7, 11) is 0. The van der Waals surface area contributed by atoms with Gasteiger partial charge >= 0.3 is 0 Å². The molecule has 100 valence electrons. The molecule has 2 heteroatoms. The van der Waals surface area contributed by atoms with Gasteiger partial charge in [-0.2, -0.15) is 0 Å². The molecule has 0 radical (unpaired) electrons. The van der Waals surface area contributed by atoms with Crippen LogP contribution in [0.4, 0.5) is 0 Å². The van der Waals surface area contributed by atoms with Gasteiger partial charge in [-0.25, -0.2) is 0 Å². The number of rotatable bonds is 4. The van der Waals surface area contributed by atoms with Crippen LogP contribution in [-0.2, 0) is 4.74 Å². The SMILES string of the molecule is CCOC1(C(O)c2cccc(C)c2C)CCCC1. The second kappa shape index (κ2) is 5.41. The van der Waals surface area contributed by atoms with E-state index in [9.17, 15) is 5.11 Å². The highest BCUT2D eigenvalue weighted by Crippen LogP contribution is 2.43. The highest BCUT2D eigenvalue weighted by molar-refractivity contribution is 5.36. The highest BCUT2D eigenvalue weighted by Gasteiger charge is 2.42. The maximum atomic E-state index is 10.8. The normalized spacial score (nSPS) is 20.0. The average Bonchev–Trinajstić information content (AvgIpc) is 2.82. The molecule has 1 atom stereocenters. The van der Waals surface area contributed by atoms with E-state index in [1.54, 1.807) is 0 Å². The van der Waals surface area contributed by atoms with E-state index < -0.39 is 6.10 Å². The monoisotopic (exact) mass is 248 g/mol. The Balaban J connectivity index is 2.33. The van der Waals surface area contributed by atoms with Crippen molar-refractivity contribution in [2.75, 3.05) is 6.61 Å². The molecule has 1 saturated carbocycles. The molecule has 0 spiro atoms. The number of hydrogen-bond acceptors (Lipinski definition) is 2. The van der Waals surface area contributed by atoms with Gasteiger partial charge in [-0.3, -0.25) is 0 Å². The topological polar surface area (TPSA) is 29.5 Å². The van der Waals surface area contributed by atoms with E-state index in [0.717, 1.165) is 31.2 Å². The average molecular weight is 248 g/mol. The lowest BCUT2D eigenvalue weighted by atomic mass is 9.86. The van der Waals surface area contributed by atoms with Crippen LogP contribution in [-0.4, -0.2) is 17.3 Å². The van der Waals surface area contributed by atoms with Crippen LogP contribution >= 0.6 is 0 Å². The van der Waals surface area contributed by atoms with Gasteiger partial charge in [0.15, 0.2) is 0 Å². The number of benzene rings is 1. The fourth-order valence-corrected chi connectivity index (χ4v) is 3.11. The number of ether oxygens (including phenoxy) is 1. The van der Waals surface area contributed by atoms with Crippen LogP contribution in [0.1, 0.15) is 55.4 Å². The maximum absolute atomic E-state index is 10.8. The summed E-state index contributed by atoms with van der Waals surface area (Å²) in [6, 6.07) is 6.15. The zero-order valence-corrected chi connectivity index (χ0v) is 11.7. The van der Waals surface area contributed by atoms with Crippen molar-refractivity contribution in [1.82, 2.24) is 0 Å². The standard InChI is InChI=1S/C16H24O2/c1-4-18-16(10-5-6-11-16)15(17)14-9-7-8-12(2)13(14)3/h7-9,15,17H,4-6,10-11H2,1-3H3. The van der Waals surface area contributed by atoms with Gasteiger partial charge in [0.1, 0.15) is 6.10 Å². The van der Waals surface area contributed by atoms with Gasteiger partial charge in [0.05, 0.1) is 5.60 Å². The Hall–Kier alpha value is -0.860. The largest absolute Gasteiger partial charge is 0.385 e. The van der Waals surface area contributed by atoms with Crippen LogP contribution in [0.3, 0.4) is 0 Å². The predicted molar refractivity (Wildman–Crippen MR) is 73.7 cm³/mol. The van der Waals surface area contributed by atoms with Crippen LogP contribution < -0.4 is 0 Å². The van der Waals surface area contributed by atoms with E-state index in [1.807, 2.05) is 19.1 Å². The van der Waals surface area contributed by atoms with E-state index >= 15 is 0 Å². The van der Waals surface area contributed by atoms with Gasteiger partial charge in [-0.15, -0.1) is 0 Å². The summed E-state index contributed by atoms with van der Waals surface area (Å²) in [5.74, 6) is 0. The van der Waals surface area contributed by atoms with Crippen molar-refractivity contribution >= 4 is 0 Å². The van der Waals surface area contributed by atoms with Crippen molar-refractivity contribution in [3.8, 4) is 0 Å². The van der Waals surface area contributed by atoms with Crippen LogP contribution in [0.25, 0.3) is 0 Å². The fourth-order valence-electron chi connectivity index (χ4n) is 3.11. The molecule has 0 heterocycles.